The Labute approximate surface area is 106 Å². The van der Waals surface area contributed by atoms with Crippen molar-refractivity contribution < 1.29 is 9.72 Å². The smallest absolute Gasteiger partial charge is 0.270 e. The Kier molecular flexibility index (Phi) is 3.60. The molecule has 0 heterocycles. The number of benzene rings is 1. The van der Waals surface area contributed by atoms with Crippen molar-refractivity contribution in [1.29, 1.82) is 0 Å². The van der Waals surface area contributed by atoms with Crippen LogP contribution in [0, 0.1) is 10.1 Å². The average Bonchev–Trinajstić information content (AvgIpc) is 2.91. The number of carbonyl (C=O) groups excluding carboxylic acids is 1. The third-order valence-electron chi connectivity index (χ3n) is 3.50. The molecule has 0 aromatic heterocycles. The van der Waals surface area contributed by atoms with Crippen LogP contribution in [0.3, 0.4) is 0 Å². The van der Waals surface area contributed by atoms with Crippen LogP contribution in [0.5, 0.6) is 0 Å². The molecular weight excluding hydrogens is 232 g/mol. The number of rotatable bonds is 3. The highest BCUT2D eigenvalue weighted by molar-refractivity contribution is 5.94. The van der Waals surface area contributed by atoms with Crippen molar-refractivity contribution in [3.63, 3.8) is 0 Å². The lowest BCUT2D eigenvalue weighted by molar-refractivity contribution is -0.384. The van der Waals surface area contributed by atoms with Crippen LogP contribution >= 0.6 is 0 Å². The fourth-order valence-electron chi connectivity index (χ4n) is 2.41. The van der Waals surface area contributed by atoms with Crippen LogP contribution in [0.1, 0.15) is 36.0 Å². The molecule has 0 atom stereocenters. The van der Waals surface area contributed by atoms with Crippen molar-refractivity contribution in [2.75, 3.05) is 7.05 Å². The predicted molar refractivity (Wildman–Crippen MR) is 67.4 cm³/mol. The summed E-state index contributed by atoms with van der Waals surface area (Å²) < 4.78 is 0. The zero-order valence-electron chi connectivity index (χ0n) is 10.3. The van der Waals surface area contributed by atoms with Crippen LogP contribution in [-0.2, 0) is 0 Å². The maximum atomic E-state index is 12.2. The Balaban J connectivity index is 2.17. The van der Waals surface area contributed by atoms with E-state index >= 15 is 0 Å². The zero-order chi connectivity index (χ0) is 13.1. The summed E-state index contributed by atoms with van der Waals surface area (Å²) in [7, 11) is 1.77. The summed E-state index contributed by atoms with van der Waals surface area (Å²) >= 11 is 0. The molecule has 0 N–H and O–H groups in total. The van der Waals surface area contributed by atoms with E-state index in [0.29, 0.717) is 5.56 Å². The van der Waals surface area contributed by atoms with Crippen LogP contribution in [0.15, 0.2) is 24.3 Å². The molecule has 1 fully saturated rings. The lowest BCUT2D eigenvalue weighted by Crippen LogP contribution is -2.35. The van der Waals surface area contributed by atoms with E-state index in [-0.39, 0.29) is 17.6 Å². The number of nitro groups is 1. The van der Waals surface area contributed by atoms with Crippen molar-refractivity contribution in [2.45, 2.75) is 31.7 Å². The number of nitrogens with zero attached hydrogens (tertiary/aromatic N) is 2. The van der Waals surface area contributed by atoms with E-state index < -0.39 is 4.92 Å². The number of carbonyl (C=O) groups is 1. The molecule has 0 saturated heterocycles. The molecule has 1 amide bonds. The lowest BCUT2D eigenvalue weighted by atomic mass is 10.1. The first kappa shape index (κ1) is 12.5. The largest absolute Gasteiger partial charge is 0.339 e. The summed E-state index contributed by atoms with van der Waals surface area (Å²) in [6.07, 6.45) is 4.35. The fourth-order valence-corrected chi connectivity index (χ4v) is 2.41. The average molecular weight is 248 g/mol. The summed E-state index contributed by atoms with van der Waals surface area (Å²) in [6, 6.07) is 6.19. The Bertz CT molecular complexity index is 467. The number of nitro benzene ring substituents is 1. The van der Waals surface area contributed by atoms with Gasteiger partial charge in [0.1, 0.15) is 0 Å². The summed E-state index contributed by atoms with van der Waals surface area (Å²) in [5.74, 6) is -0.134. The zero-order valence-corrected chi connectivity index (χ0v) is 10.3. The Hall–Kier alpha value is -1.91. The number of non-ortho nitro benzene ring substituents is 1. The van der Waals surface area contributed by atoms with E-state index in [0.717, 1.165) is 25.7 Å². The number of hydrogen-bond acceptors (Lipinski definition) is 3. The van der Waals surface area contributed by atoms with Gasteiger partial charge in [0.2, 0.25) is 0 Å². The van der Waals surface area contributed by atoms with Gasteiger partial charge in [-0.3, -0.25) is 14.9 Å². The van der Waals surface area contributed by atoms with Gasteiger partial charge in [-0.15, -0.1) is 0 Å². The molecular formula is C13H16N2O3. The van der Waals surface area contributed by atoms with Gasteiger partial charge < -0.3 is 4.90 Å². The summed E-state index contributed by atoms with van der Waals surface area (Å²) in [6.45, 7) is 0. The van der Waals surface area contributed by atoms with Gasteiger partial charge in [-0.05, 0) is 18.9 Å². The summed E-state index contributed by atoms with van der Waals surface area (Å²) in [5, 5.41) is 10.7. The molecule has 96 valence electrons. The van der Waals surface area contributed by atoms with Gasteiger partial charge in [0.15, 0.2) is 0 Å². The van der Waals surface area contributed by atoms with Crippen LogP contribution in [0.4, 0.5) is 5.69 Å². The SMILES string of the molecule is CN(C(=O)c1cccc([N+](=O)[O-])c1)C1CCCC1. The molecule has 0 spiro atoms. The van der Waals surface area contributed by atoms with Gasteiger partial charge in [-0.25, -0.2) is 0 Å². The van der Waals surface area contributed by atoms with Crippen LogP contribution in [0.25, 0.3) is 0 Å². The minimum Gasteiger partial charge on any atom is -0.339 e. The van der Waals surface area contributed by atoms with Gasteiger partial charge in [0.25, 0.3) is 11.6 Å². The lowest BCUT2D eigenvalue weighted by Gasteiger charge is -2.24. The van der Waals surface area contributed by atoms with Crippen molar-refractivity contribution in [3.8, 4) is 0 Å². The fraction of sp³-hybridized carbons (Fsp3) is 0.462. The minimum atomic E-state index is -0.480. The van der Waals surface area contributed by atoms with Crippen molar-refractivity contribution in [2.24, 2.45) is 0 Å². The van der Waals surface area contributed by atoms with E-state index in [1.54, 1.807) is 24.1 Å². The third kappa shape index (κ3) is 2.50. The third-order valence-corrected chi connectivity index (χ3v) is 3.50. The van der Waals surface area contributed by atoms with Gasteiger partial charge >= 0.3 is 0 Å². The monoisotopic (exact) mass is 248 g/mol. The molecule has 1 aromatic carbocycles. The highest BCUT2D eigenvalue weighted by Gasteiger charge is 2.24. The molecule has 1 aliphatic carbocycles. The first-order valence-corrected chi connectivity index (χ1v) is 6.11. The molecule has 5 nitrogen and oxygen atoms in total. The minimum absolute atomic E-state index is 0.0410. The molecule has 1 saturated carbocycles. The number of hydrogen-bond donors (Lipinski definition) is 0. The van der Waals surface area contributed by atoms with Crippen molar-refractivity contribution in [3.05, 3.63) is 39.9 Å². The van der Waals surface area contributed by atoms with Gasteiger partial charge in [-0.2, -0.15) is 0 Å². The summed E-state index contributed by atoms with van der Waals surface area (Å²) in [5.41, 5.74) is 0.347. The van der Waals surface area contributed by atoms with E-state index in [4.69, 9.17) is 0 Å². The van der Waals surface area contributed by atoms with E-state index in [1.165, 1.54) is 12.1 Å². The van der Waals surface area contributed by atoms with E-state index in [2.05, 4.69) is 0 Å². The summed E-state index contributed by atoms with van der Waals surface area (Å²) in [4.78, 5) is 24.1. The first-order valence-electron chi connectivity index (χ1n) is 6.11. The molecule has 0 unspecified atom stereocenters. The highest BCUT2D eigenvalue weighted by Crippen LogP contribution is 2.24. The molecule has 2 rings (SSSR count). The number of amides is 1. The molecule has 18 heavy (non-hydrogen) atoms. The predicted octanol–water partition coefficient (Wildman–Crippen LogP) is 2.61. The van der Waals surface area contributed by atoms with Crippen LogP contribution < -0.4 is 0 Å². The van der Waals surface area contributed by atoms with Gasteiger partial charge in [-0.1, -0.05) is 18.9 Å². The Morgan fingerprint density at radius 3 is 2.67 bits per heavy atom. The van der Waals surface area contributed by atoms with Gasteiger partial charge in [0, 0.05) is 30.8 Å². The Morgan fingerprint density at radius 1 is 1.39 bits per heavy atom. The maximum absolute atomic E-state index is 12.2. The van der Waals surface area contributed by atoms with Crippen LogP contribution in [-0.4, -0.2) is 28.8 Å². The molecule has 5 heteroatoms. The van der Waals surface area contributed by atoms with Crippen molar-refractivity contribution in [1.82, 2.24) is 4.90 Å². The molecule has 0 bridgehead atoms. The highest BCUT2D eigenvalue weighted by atomic mass is 16.6. The standard InChI is InChI=1S/C13H16N2O3/c1-14(11-6-2-3-7-11)13(16)10-5-4-8-12(9-10)15(17)18/h4-5,8-9,11H,2-3,6-7H2,1H3. The molecule has 1 aromatic rings. The quantitative estimate of drug-likeness (QED) is 0.610. The topological polar surface area (TPSA) is 63.5 Å². The Morgan fingerprint density at radius 2 is 2.06 bits per heavy atom. The van der Waals surface area contributed by atoms with Crippen LogP contribution in [0.2, 0.25) is 0 Å². The molecule has 1 aliphatic rings. The second-order valence-corrected chi connectivity index (χ2v) is 4.66. The van der Waals surface area contributed by atoms with Crippen molar-refractivity contribution >= 4 is 11.6 Å². The maximum Gasteiger partial charge on any atom is 0.270 e. The second-order valence-electron chi connectivity index (χ2n) is 4.66. The van der Waals surface area contributed by atoms with E-state index in [9.17, 15) is 14.9 Å². The normalized spacial score (nSPS) is 15.6. The molecule has 0 radical (unpaired) electrons. The van der Waals surface area contributed by atoms with Gasteiger partial charge in [0.05, 0.1) is 4.92 Å². The second kappa shape index (κ2) is 5.16. The first-order chi connectivity index (χ1) is 8.59. The van der Waals surface area contributed by atoms with E-state index in [1.807, 2.05) is 0 Å². The molecule has 0 aliphatic heterocycles.